The van der Waals surface area contributed by atoms with Crippen molar-refractivity contribution in [1.29, 1.82) is 0 Å². The van der Waals surface area contributed by atoms with Crippen LogP contribution in [0.25, 0.3) is 0 Å². The van der Waals surface area contributed by atoms with Crippen LogP contribution in [0, 0.1) is 0 Å². The van der Waals surface area contributed by atoms with Gasteiger partial charge in [0.05, 0.1) is 15.7 Å². The number of benzene rings is 2. The Labute approximate surface area is 157 Å². The van der Waals surface area contributed by atoms with E-state index in [1.807, 2.05) is 12.1 Å². The Morgan fingerprint density at radius 2 is 1.54 bits per heavy atom. The van der Waals surface area contributed by atoms with Gasteiger partial charge < -0.3 is 5.32 Å². The van der Waals surface area contributed by atoms with Crippen LogP contribution in [-0.2, 0) is 5.41 Å². The number of rotatable bonds is 2. The molecule has 2 aromatic rings. The fourth-order valence-corrected chi connectivity index (χ4v) is 2.75. The van der Waals surface area contributed by atoms with Crippen molar-refractivity contribution in [2.24, 2.45) is 0 Å². The molecule has 0 saturated carbocycles. The minimum atomic E-state index is -0.295. The van der Waals surface area contributed by atoms with Crippen LogP contribution in [0.5, 0.6) is 0 Å². The summed E-state index contributed by atoms with van der Waals surface area (Å²) in [5, 5.41) is 6.46. The molecule has 0 aliphatic carbocycles. The number of amides is 1. The number of carbonyl (C=O) groups is 1. The van der Waals surface area contributed by atoms with E-state index in [1.165, 1.54) is 0 Å². The predicted octanol–water partition coefficient (Wildman–Crippen LogP) is 5.42. The maximum Gasteiger partial charge on any atom is 0.257 e. The second kappa shape index (κ2) is 7.51. The van der Waals surface area contributed by atoms with Gasteiger partial charge in [-0.25, -0.2) is 0 Å². The van der Waals surface area contributed by atoms with Gasteiger partial charge in [-0.05, 0) is 47.5 Å². The first-order chi connectivity index (χ1) is 11.2. The Morgan fingerprint density at radius 3 is 2.04 bits per heavy atom. The van der Waals surface area contributed by atoms with Crippen molar-refractivity contribution in [3.8, 4) is 0 Å². The summed E-state index contributed by atoms with van der Waals surface area (Å²) < 4.78 is 0. The van der Waals surface area contributed by atoms with E-state index in [-0.39, 0.29) is 16.4 Å². The number of carbonyl (C=O) groups excluding carboxylic acids is 1. The highest BCUT2D eigenvalue weighted by molar-refractivity contribution is 7.80. The number of halogens is 2. The van der Waals surface area contributed by atoms with E-state index in [2.05, 4.69) is 31.4 Å². The molecular weight excluding hydrogens is 363 g/mol. The van der Waals surface area contributed by atoms with Gasteiger partial charge in [-0.3, -0.25) is 10.1 Å². The summed E-state index contributed by atoms with van der Waals surface area (Å²) in [6.45, 7) is 6.36. The number of thiocarbonyl (C=S) groups is 1. The molecule has 0 bridgehead atoms. The summed E-state index contributed by atoms with van der Waals surface area (Å²) in [5.74, 6) is -0.295. The predicted molar refractivity (Wildman–Crippen MR) is 105 cm³/mol. The lowest BCUT2D eigenvalue weighted by Gasteiger charge is -2.19. The minimum absolute atomic E-state index is 0.0344. The molecule has 0 aliphatic rings. The van der Waals surface area contributed by atoms with Crippen molar-refractivity contribution in [2.75, 3.05) is 5.32 Å². The van der Waals surface area contributed by atoms with Crippen molar-refractivity contribution in [3.05, 3.63) is 63.6 Å². The molecule has 126 valence electrons. The Morgan fingerprint density at radius 1 is 1.00 bits per heavy atom. The SMILES string of the molecule is CC(C)(C)c1ccc(C(=O)NC(=S)Nc2c(Cl)cccc2Cl)cc1. The zero-order chi connectivity index (χ0) is 17.9. The highest BCUT2D eigenvalue weighted by Gasteiger charge is 2.15. The van der Waals surface area contributed by atoms with Gasteiger partial charge >= 0.3 is 0 Å². The number of nitrogens with one attached hydrogen (secondary N) is 2. The molecule has 2 N–H and O–H groups in total. The average molecular weight is 381 g/mol. The van der Waals surface area contributed by atoms with Crippen LogP contribution in [0.1, 0.15) is 36.7 Å². The molecule has 2 aromatic carbocycles. The summed E-state index contributed by atoms with van der Waals surface area (Å²) in [4.78, 5) is 12.3. The summed E-state index contributed by atoms with van der Waals surface area (Å²) in [6.07, 6.45) is 0. The van der Waals surface area contributed by atoms with E-state index in [4.69, 9.17) is 35.4 Å². The molecule has 0 fully saturated rings. The van der Waals surface area contributed by atoms with Crippen molar-refractivity contribution >= 4 is 52.1 Å². The Hall–Kier alpha value is -1.62. The third kappa shape index (κ3) is 4.69. The largest absolute Gasteiger partial charge is 0.330 e. The zero-order valence-electron chi connectivity index (χ0n) is 13.6. The topological polar surface area (TPSA) is 41.1 Å². The third-order valence-corrected chi connectivity index (χ3v) is 4.28. The lowest BCUT2D eigenvalue weighted by molar-refractivity contribution is 0.0977. The Bertz CT molecular complexity index is 747. The molecule has 2 rings (SSSR count). The first kappa shape index (κ1) is 18.7. The first-order valence-corrected chi connectivity index (χ1v) is 8.52. The fraction of sp³-hybridized carbons (Fsp3) is 0.222. The van der Waals surface area contributed by atoms with E-state index in [9.17, 15) is 4.79 Å². The van der Waals surface area contributed by atoms with Crippen LogP contribution in [-0.4, -0.2) is 11.0 Å². The van der Waals surface area contributed by atoms with Gasteiger partial charge in [0.25, 0.3) is 5.91 Å². The summed E-state index contributed by atoms with van der Waals surface area (Å²) in [5.41, 5.74) is 2.18. The smallest absolute Gasteiger partial charge is 0.257 e. The van der Waals surface area contributed by atoms with Gasteiger partial charge in [0.2, 0.25) is 0 Å². The maximum absolute atomic E-state index is 12.3. The van der Waals surface area contributed by atoms with E-state index < -0.39 is 0 Å². The second-order valence-electron chi connectivity index (χ2n) is 6.33. The van der Waals surface area contributed by atoms with Crippen LogP contribution >= 0.6 is 35.4 Å². The molecule has 0 unspecified atom stereocenters. The Balaban J connectivity index is 2.05. The number of anilines is 1. The number of hydrogen-bond acceptors (Lipinski definition) is 2. The highest BCUT2D eigenvalue weighted by Crippen LogP contribution is 2.29. The molecule has 1 amide bonds. The summed E-state index contributed by atoms with van der Waals surface area (Å²) in [6, 6.07) is 12.5. The molecule has 6 heteroatoms. The maximum atomic E-state index is 12.3. The van der Waals surface area contributed by atoms with Crippen LogP contribution in [0.15, 0.2) is 42.5 Å². The van der Waals surface area contributed by atoms with Gasteiger partial charge in [0.15, 0.2) is 5.11 Å². The van der Waals surface area contributed by atoms with E-state index in [0.29, 0.717) is 21.3 Å². The molecule has 0 radical (unpaired) electrons. The standard InChI is InChI=1S/C18H18Cl2N2OS/c1-18(2,3)12-9-7-11(8-10-12)16(23)22-17(24)21-15-13(19)5-4-6-14(15)20/h4-10H,1-3H3,(H2,21,22,23,24). The van der Waals surface area contributed by atoms with Crippen molar-refractivity contribution in [2.45, 2.75) is 26.2 Å². The van der Waals surface area contributed by atoms with Crippen LogP contribution < -0.4 is 10.6 Å². The van der Waals surface area contributed by atoms with E-state index in [0.717, 1.165) is 5.56 Å². The lowest BCUT2D eigenvalue weighted by atomic mass is 9.87. The lowest BCUT2D eigenvalue weighted by Crippen LogP contribution is -2.34. The van der Waals surface area contributed by atoms with Gasteiger partial charge in [-0.1, -0.05) is 62.2 Å². The second-order valence-corrected chi connectivity index (χ2v) is 7.55. The normalized spacial score (nSPS) is 11.0. The molecule has 0 spiro atoms. The van der Waals surface area contributed by atoms with Gasteiger partial charge in [0, 0.05) is 5.56 Å². The molecule has 24 heavy (non-hydrogen) atoms. The molecule has 0 atom stereocenters. The Kier molecular flexibility index (Phi) is 5.86. The molecule has 0 aliphatic heterocycles. The zero-order valence-corrected chi connectivity index (χ0v) is 15.9. The quantitative estimate of drug-likeness (QED) is 0.683. The molecule has 0 aromatic heterocycles. The molecule has 0 heterocycles. The van der Waals surface area contributed by atoms with Crippen molar-refractivity contribution < 1.29 is 4.79 Å². The average Bonchev–Trinajstić information content (AvgIpc) is 2.50. The molecular formula is C18H18Cl2N2OS. The molecule has 3 nitrogen and oxygen atoms in total. The van der Waals surface area contributed by atoms with E-state index >= 15 is 0 Å². The number of hydrogen-bond donors (Lipinski definition) is 2. The number of para-hydroxylation sites is 1. The van der Waals surface area contributed by atoms with Gasteiger partial charge in [-0.15, -0.1) is 0 Å². The third-order valence-electron chi connectivity index (χ3n) is 3.44. The van der Waals surface area contributed by atoms with E-state index in [1.54, 1.807) is 30.3 Å². The monoisotopic (exact) mass is 380 g/mol. The van der Waals surface area contributed by atoms with Gasteiger partial charge in [-0.2, -0.15) is 0 Å². The summed E-state index contributed by atoms with van der Waals surface area (Å²) >= 11 is 17.3. The van der Waals surface area contributed by atoms with Crippen LogP contribution in [0.3, 0.4) is 0 Å². The molecule has 0 saturated heterocycles. The highest BCUT2D eigenvalue weighted by atomic mass is 35.5. The fourth-order valence-electron chi connectivity index (χ4n) is 2.06. The van der Waals surface area contributed by atoms with Crippen LogP contribution in [0.4, 0.5) is 5.69 Å². The van der Waals surface area contributed by atoms with Crippen molar-refractivity contribution in [3.63, 3.8) is 0 Å². The minimum Gasteiger partial charge on any atom is -0.330 e. The van der Waals surface area contributed by atoms with Crippen LogP contribution in [0.2, 0.25) is 10.0 Å². The first-order valence-electron chi connectivity index (χ1n) is 7.35. The summed E-state index contributed by atoms with van der Waals surface area (Å²) in [7, 11) is 0. The van der Waals surface area contributed by atoms with Crippen molar-refractivity contribution in [1.82, 2.24) is 5.32 Å². The van der Waals surface area contributed by atoms with Gasteiger partial charge in [0.1, 0.15) is 0 Å².